The van der Waals surface area contributed by atoms with Gasteiger partial charge in [-0.3, -0.25) is 0 Å². The van der Waals surface area contributed by atoms with Gasteiger partial charge in [0.25, 0.3) is 0 Å². The van der Waals surface area contributed by atoms with Crippen LogP contribution in [0.5, 0.6) is 0 Å². The highest BCUT2D eigenvalue weighted by atomic mass is 79.9. The molecule has 0 saturated heterocycles. The predicted molar refractivity (Wildman–Crippen MR) is 182 cm³/mol. The van der Waals surface area contributed by atoms with Gasteiger partial charge in [0.05, 0.1) is 78.5 Å². The van der Waals surface area contributed by atoms with E-state index < -0.39 is 0 Å². The molecule has 0 radical (unpaired) electrons. The second-order valence-electron chi connectivity index (χ2n) is 9.68. The number of rotatable bonds is 24. The standard InChI is InChI=1S/3C12H20N.3BrH/c3*1-5-9-13(10-6-2,11-7-3)12-8-4;;;/h3*5-8H,1-4,9-12H2;3*1H/q3*+1;;;/p-3. The Balaban J connectivity index is -0.000000112. The van der Waals surface area contributed by atoms with Crippen LogP contribution in [0.3, 0.4) is 0 Å². The monoisotopic (exact) mass is 771 g/mol. The summed E-state index contributed by atoms with van der Waals surface area (Å²) in [7, 11) is 0. The van der Waals surface area contributed by atoms with E-state index in [1.807, 2.05) is 72.9 Å². The molecule has 0 amide bonds. The third-order valence-electron chi connectivity index (χ3n) is 6.20. The van der Waals surface area contributed by atoms with Crippen LogP contribution in [0.15, 0.2) is 152 Å². The van der Waals surface area contributed by atoms with Gasteiger partial charge in [0.1, 0.15) is 0 Å². The lowest BCUT2D eigenvalue weighted by Crippen LogP contribution is -3.00. The molecule has 0 atom stereocenters. The molecule has 6 heteroatoms. The maximum atomic E-state index is 3.77. The Morgan fingerprint density at radius 1 is 0.214 bits per heavy atom. The van der Waals surface area contributed by atoms with Crippen LogP contribution in [0.25, 0.3) is 0 Å². The topological polar surface area (TPSA) is 0 Å². The van der Waals surface area contributed by atoms with Crippen LogP contribution in [0, 0.1) is 0 Å². The third-order valence-corrected chi connectivity index (χ3v) is 6.20. The zero-order chi connectivity index (χ0) is 30.5. The van der Waals surface area contributed by atoms with Crippen LogP contribution >= 0.6 is 0 Å². The average Bonchev–Trinajstić information content (AvgIpc) is 2.87. The fraction of sp³-hybridized carbons (Fsp3) is 0.333. The highest BCUT2D eigenvalue weighted by Gasteiger charge is 2.22. The SMILES string of the molecule is C=CC[N+](CC=C)(CC=C)CC=C.C=CC[N+](CC=C)(CC=C)CC=C.C=CC[N+](CC=C)(CC=C)CC=C.[Br-].[Br-].[Br-]. The van der Waals surface area contributed by atoms with E-state index in [1.54, 1.807) is 0 Å². The summed E-state index contributed by atoms with van der Waals surface area (Å²) in [4.78, 5) is 0. The molecule has 0 heterocycles. The highest BCUT2D eigenvalue weighted by Crippen LogP contribution is 2.09. The van der Waals surface area contributed by atoms with E-state index >= 15 is 0 Å². The molecule has 0 fully saturated rings. The second kappa shape index (κ2) is 35.4. The summed E-state index contributed by atoms with van der Waals surface area (Å²) in [5.74, 6) is 0. The molecule has 0 aromatic heterocycles. The summed E-state index contributed by atoms with van der Waals surface area (Å²) in [6.07, 6.45) is 23.3. The van der Waals surface area contributed by atoms with Crippen molar-refractivity contribution < 1.29 is 64.4 Å². The maximum absolute atomic E-state index is 3.77. The van der Waals surface area contributed by atoms with E-state index in [2.05, 4.69) is 78.9 Å². The van der Waals surface area contributed by atoms with Crippen molar-refractivity contribution >= 4 is 0 Å². The lowest BCUT2D eigenvalue weighted by atomic mass is 10.3. The average molecular weight is 775 g/mol. The van der Waals surface area contributed by atoms with Gasteiger partial charge in [-0.05, 0) is 72.9 Å². The van der Waals surface area contributed by atoms with Gasteiger partial charge >= 0.3 is 0 Å². The quantitative estimate of drug-likeness (QED) is 0.0843. The summed E-state index contributed by atoms with van der Waals surface area (Å²) in [5, 5.41) is 0. The molecule has 0 N–H and O–H groups in total. The van der Waals surface area contributed by atoms with Crippen molar-refractivity contribution in [2.45, 2.75) is 0 Å². The van der Waals surface area contributed by atoms with Crippen molar-refractivity contribution in [3.63, 3.8) is 0 Å². The maximum Gasteiger partial charge on any atom is 0.0978 e. The van der Waals surface area contributed by atoms with Gasteiger partial charge in [-0.1, -0.05) is 78.9 Å². The first kappa shape index (κ1) is 52.8. The van der Waals surface area contributed by atoms with Crippen LogP contribution < -0.4 is 50.9 Å². The highest BCUT2D eigenvalue weighted by molar-refractivity contribution is 4.82. The first-order valence-electron chi connectivity index (χ1n) is 13.6. The summed E-state index contributed by atoms with van der Waals surface area (Å²) < 4.78 is 2.71. The zero-order valence-electron chi connectivity index (χ0n) is 26.4. The smallest absolute Gasteiger partial charge is 0.0978 e. The minimum absolute atomic E-state index is 0. The van der Waals surface area contributed by atoms with Gasteiger partial charge in [-0.15, -0.1) is 0 Å². The van der Waals surface area contributed by atoms with E-state index in [-0.39, 0.29) is 50.9 Å². The molecule has 0 unspecified atom stereocenters. The van der Waals surface area contributed by atoms with Crippen molar-refractivity contribution in [2.75, 3.05) is 78.5 Å². The van der Waals surface area contributed by atoms with Gasteiger partial charge < -0.3 is 64.4 Å². The van der Waals surface area contributed by atoms with E-state index in [9.17, 15) is 0 Å². The van der Waals surface area contributed by atoms with E-state index in [1.165, 1.54) is 0 Å². The molecular formula is C36H60Br3N3. The fourth-order valence-corrected chi connectivity index (χ4v) is 4.63. The Hall–Kier alpha value is -1.80. The number of nitrogens with zero attached hydrogens (tertiary/aromatic N) is 3. The molecule has 0 spiro atoms. The number of halogens is 3. The minimum atomic E-state index is 0. The van der Waals surface area contributed by atoms with Crippen molar-refractivity contribution in [1.29, 1.82) is 0 Å². The van der Waals surface area contributed by atoms with Gasteiger partial charge in [-0.25, -0.2) is 0 Å². The Bertz CT molecular complexity index is 558. The molecule has 0 aliphatic rings. The molecule has 0 bridgehead atoms. The Labute approximate surface area is 293 Å². The predicted octanol–water partition coefficient (Wildman–Crippen LogP) is -1.35. The fourth-order valence-electron chi connectivity index (χ4n) is 4.63. The van der Waals surface area contributed by atoms with E-state index in [4.69, 9.17) is 0 Å². The van der Waals surface area contributed by atoms with Crippen molar-refractivity contribution in [2.24, 2.45) is 0 Å². The first-order chi connectivity index (χ1) is 18.7. The zero-order valence-corrected chi connectivity index (χ0v) is 31.1. The van der Waals surface area contributed by atoms with Crippen LogP contribution in [-0.4, -0.2) is 92.0 Å². The number of hydrogen-bond acceptors (Lipinski definition) is 0. The summed E-state index contributed by atoms with van der Waals surface area (Å²) in [6, 6.07) is 0. The lowest BCUT2D eigenvalue weighted by Gasteiger charge is -2.35. The second-order valence-corrected chi connectivity index (χ2v) is 9.68. The summed E-state index contributed by atoms with van der Waals surface area (Å²) in [5.41, 5.74) is 0. The van der Waals surface area contributed by atoms with Gasteiger partial charge in [0.2, 0.25) is 0 Å². The molecule has 240 valence electrons. The van der Waals surface area contributed by atoms with Crippen LogP contribution in [0.1, 0.15) is 0 Å². The van der Waals surface area contributed by atoms with Crippen molar-refractivity contribution in [3.8, 4) is 0 Å². The molecule has 0 aliphatic carbocycles. The van der Waals surface area contributed by atoms with E-state index in [0.29, 0.717) is 0 Å². The molecule has 0 aromatic rings. The number of hydrogen-bond donors (Lipinski definition) is 0. The van der Waals surface area contributed by atoms with Gasteiger partial charge in [0.15, 0.2) is 0 Å². The summed E-state index contributed by atoms with van der Waals surface area (Å²) in [6.45, 7) is 56.5. The molecule has 0 aliphatic heterocycles. The largest absolute Gasteiger partial charge is 1.00 e. The Kier molecular flexibility index (Phi) is 44.5. The lowest BCUT2D eigenvalue weighted by molar-refractivity contribution is -0.906. The summed E-state index contributed by atoms with van der Waals surface area (Å²) >= 11 is 0. The molecule has 3 nitrogen and oxygen atoms in total. The minimum Gasteiger partial charge on any atom is -1.00 e. The normalized spacial score (nSPS) is 9.71. The molecule has 0 saturated carbocycles. The van der Waals surface area contributed by atoms with Crippen LogP contribution in [-0.2, 0) is 0 Å². The van der Waals surface area contributed by atoms with Gasteiger partial charge in [0, 0.05) is 0 Å². The number of quaternary nitrogens is 3. The van der Waals surface area contributed by atoms with Crippen molar-refractivity contribution in [1.82, 2.24) is 0 Å². The Morgan fingerprint density at radius 3 is 0.333 bits per heavy atom. The van der Waals surface area contributed by atoms with Crippen LogP contribution in [0.2, 0.25) is 0 Å². The third kappa shape index (κ3) is 24.8. The molecule has 0 aromatic carbocycles. The van der Waals surface area contributed by atoms with Crippen LogP contribution in [0.4, 0.5) is 0 Å². The Morgan fingerprint density at radius 2 is 0.286 bits per heavy atom. The van der Waals surface area contributed by atoms with E-state index in [0.717, 1.165) is 92.0 Å². The van der Waals surface area contributed by atoms with Gasteiger partial charge in [-0.2, -0.15) is 0 Å². The first-order valence-corrected chi connectivity index (χ1v) is 13.6. The molecular weight excluding hydrogens is 714 g/mol. The molecule has 0 rings (SSSR count). The molecule has 42 heavy (non-hydrogen) atoms. The van der Waals surface area contributed by atoms with Crippen molar-refractivity contribution in [3.05, 3.63) is 152 Å².